The molecule has 1 amide bonds. The van der Waals surface area contributed by atoms with Gasteiger partial charge in [0.2, 0.25) is 5.91 Å². The Morgan fingerprint density at radius 3 is 3.00 bits per heavy atom. The molecule has 0 saturated heterocycles. The van der Waals surface area contributed by atoms with E-state index < -0.39 is 0 Å². The summed E-state index contributed by atoms with van der Waals surface area (Å²) in [7, 11) is 0. The molecular weight excluding hydrogens is 226 g/mol. The Kier molecular flexibility index (Phi) is 4.47. The molecule has 0 radical (unpaired) electrons. The van der Waals surface area contributed by atoms with Crippen LogP contribution in [-0.4, -0.2) is 18.2 Å². The Labute approximate surface area is 107 Å². The fraction of sp³-hybridized carbons (Fsp3) is 0.429. The molecule has 0 spiro atoms. The lowest BCUT2D eigenvalue weighted by Gasteiger charge is -2.17. The topological polar surface area (TPSA) is 67.5 Å². The van der Waals surface area contributed by atoms with Crippen LogP contribution in [0.3, 0.4) is 0 Å². The minimum absolute atomic E-state index is 0.0593. The first-order chi connectivity index (χ1) is 8.81. The van der Waals surface area contributed by atoms with Crippen LogP contribution >= 0.6 is 0 Å². The van der Waals surface area contributed by atoms with Gasteiger partial charge >= 0.3 is 0 Å². The number of nitrogens with zero attached hydrogens (tertiary/aromatic N) is 1. The molecule has 1 aromatic rings. The van der Waals surface area contributed by atoms with Gasteiger partial charge in [-0.2, -0.15) is 5.10 Å². The number of fused-ring (bicyclic) bond motifs is 1. The van der Waals surface area contributed by atoms with E-state index in [-0.39, 0.29) is 5.91 Å². The second kappa shape index (κ2) is 6.31. The number of rotatable bonds is 4. The lowest BCUT2D eigenvalue weighted by Crippen LogP contribution is -2.22. The molecular formula is C14H19N3O. The normalized spacial score (nSPS) is 16.4. The second-order valence-electron chi connectivity index (χ2n) is 4.50. The van der Waals surface area contributed by atoms with Gasteiger partial charge in [-0.15, -0.1) is 0 Å². The Bertz CT molecular complexity index is 454. The molecule has 0 fully saturated rings. The zero-order valence-electron chi connectivity index (χ0n) is 10.5. The maximum Gasteiger partial charge on any atom is 0.240 e. The van der Waals surface area contributed by atoms with Crippen molar-refractivity contribution in [1.29, 1.82) is 0 Å². The third kappa shape index (κ3) is 3.17. The summed E-state index contributed by atoms with van der Waals surface area (Å²) in [6, 6.07) is 8.25. The molecule has 0 bridgehead atoms. The fourth-order valence-electron chi connectivity index (χ4n) is 2.17. The molecule has 0 aliphatic heterocycles. The second-order valence-corrected chi connectivity index (χ2v) is 4.50. The van der Waals surface area contributed by atoms with Crippen LogP contribution in [0.4, 0.5) is 0 Å². The molecule has 1 aromatic carbocycles. The van der Waals surface area contributed by atoms with Crippen LogP contribution in [0.15, 0.2) is 29.4 Å². The lowest BCUT2D eigenvalue weighted by molar-refractivity contribution is -0.121. The summed E-state index contributed by atoms with van der Waals surface area (Å²) < 4.78 is 0. The quantitative estimate of drug-likeness (QED) is 0.791. The van der Waals surface area contributed by atoms with E-state index in [1.807, 2.05) is 12.1 Å². The van der Waals surface area contributed by atoms with Gasteiger partial charge in [-0.05, 0) is 37.8 Å². The Hall–Kier alpha value is -1.68. The van der Waals surface area contributed by atoms with Gasteiger partial charge in [0.1, 0.15) is 0 Å². The maximum atomic E-state index is 11.5. The van der Waals surface area contributed by atoms with Crippen LogP contribution < -0.4 is 11.2 Å². The highest BCUT2D eigenvalue weighted by Gasteiger charge is 2.14. The first-order valence-electron chi connectivity index (χ1n) is 6.45. The van der Waals surface area contributed by atoms with E-state index in [2.05, 4.69) is 22.7 Å². The van der Waals surface area contributed by atoms with Gasteiger partial charge in [0.15, 0.2) is 0 Å². The van der Waals surface area contributed by atoms with Gasteiger partial charge in [-0.1, -0.05) is 24.3 Å². The monoisotopic (exact) mass is 245 g/mol. The maximum absolute atomic E-state index is 11.5. The van der Waals surface area contributed by atoms with E-state index in [0.717, 1.165) is 25.0 Å². The Morgan fingerprint density at radius 1 is 1.33 bits per heavy atom. The fourth-order valence-corrected chi connectivity index (χ4v) is 2.17. The third-order valence-electron chi connectivity index (χ3n) is 3.11. The number of nitrogens with one attached hydrogen (secondary N) is 1. The SMILES string of the molecule is NCCCC(=O)N/N=C1\CCCc2ccccc21. The molecule has 3 N–H and O–H groups in total. The number of hydrogen-bond donors (Lipinski definition) is 2. The summed E-state index contributed by atoms with van der Waals surface area (Å²) in [5, 5.41) is 4.25. The van der Waals surface area contributed by atoms with Crippen LogP contribution in [0.1, 0.15) is 36.8 Å². The van der Waals surface area contributed by atoms with Crippen molar-refractivity contribution in [3.05, 3.63) is 35.4 Å². The molecule has 4 heteroatoms. The number of aryl methyl sites for hydroxylation is 1. The highest BCUT2D eigenvalue weighted by Crippen LogP contribution is 2.21. The zero-order chi connectivity index (χ0) is 12.8. The van der Waals surface area contributed by atoms with Crippen LogP contribution in [0.5, 0.6) is 0 Å². The van der Waals surface area contributed by atoms with E-state index in [9.17, 15) is 4.79 Å². The molecule has 1 aliphatic rings. The summed E-state index contributed by atoms with van der Waals surface area (Å²) in [6.07, 6.45) is 4.25. The highest BCUT2D eigenvalue weighted by molar-refractivity contribution is 6.03. The predicted octanol–water partition coefficient (Wildman–Crippen LogP) is 1.58. The molecule has 1 aliphatic carbocycles. The van der Waals surface area contributed by atoms with Crippen molar-refractivity contribution in [1.82, 2.24) is 5.43 Å². The Balaban J connectivity index is 2.04. The van der Waals surface area contributed by atoms with Crippen LogP contribution in [0.25, 0.3) is 0 Å². The van der Waals surface area contributed by atoms with Crippen LogP contribution in [-0.2, 0) is 11.2 Å². The van der Waals surface area contributed by atoms with E-state index in [1.165, 1.54) is 11.1 Å². The van der Waals surface area contributed by atoms with Gasteiger partial charge < -0.3 is 5.73 Å². The van der Waals surface area contributed by atoms with Crippen LogP contribution in [0.2, 0.25) is 0 Å². The molecule has 0 unspecified atom stereocenters. The Morgan fingerprint density at radius 2 is 2.17 bits per heavy atom. The van der Waals surface area contributed by atoms with Crippen molar-refractivity contribution in [3.8, 4) is 0 Å². The number of hydrogen-bond acceptors (Lipinski definition) is 3. The average Bonchev–Trinajstić information content (AvgIpc) is 2.42. The molecule has 0 heterocycles. The summed E-state index contributed by atoms with van der Waals surface area (Å²) in [5.74, 6) is -0.0593. The molecule has 0 atom stereocenters. The van der Waals surface area contributed by atoms with Gasteiger partial charge in [-0.3, -0.25) is 4.79 Å². The largest absolute Gasteiger partial charge is 0.330 e. The van der Waals surface area contributed by atoms with Crippen molar-refractivity contribution < 1.29 is 4.79 Å². The van der Waals surface area contributed by atoms with Gasteiger partial charge in [0, 0.05) is 12.0 Å². The third-order valence-corrected chi connectivity index (χ3v) is 3.11. The van der Waals surface area contributed by atoms with Crippen molar-refractivity contribution in [3.63, 3.8) is 0 Å². The van der Waals surface area contributed by atoms with Crippen molar-refractivity contribution in [2.24, 2.45) is 10.8 Å². The number of benzene rings is 1. The lowest BCUT2D eigenvalue weighted by atomic mass is 9.90. The summed E-state index contributed by atoms with van der Waals surface area (Å²) >= 11 is 0. The number of nitrogens with two attached hydrogens (primary N) is 1. The van der Waals surface area contributed by atoms with Crippen molar-refractivity contribution >= 4 is 11.6 Å². The van der Waals surface area contributed by atoms with Crippen LogP contribution in [0, 0.1) is 0 Å². The van der Waals surface area contributed by atoms with Gasteiger partial charge in [-0.25, -0.2) is 5.43 Å². The molecule has 4 nitrogen and oxygen atoms in total. The number of carbonyl (C=O) groups is 1. The first kappa shape index (κ1) is 12.8. The highest BCUT2D eigenvalue weighted by atomic mass is 16.2. The molecule has 18 heavy (non-hydrogen) atoms. The molecule has 2 rings (SSSR count). The molecule has 0 aromatic heterocycles. The number of hydrazone groups is 1. The van der Waals surface area contributed by atoms with Gasteiger partial charge in [0.25, 0.3) is 0 Å². The minimum Gasteiger partial charge on any atom is -0.330 e. The summed E-state index contributed by atoms with van der Waals surface area (Å²) in [5.41, 5.74) is 11.5. The average molecular weight is 245 g/mol. The zero-order valence-corrected chi connectivity index (χ0v) is 10.5. The number of amides is 1. The van der Waals surface area contributed by atoms with Crippen molar-refractivity contribution in [2.75, 3.05) is 6.54 Å². The van der Waals surface area contributed by atoms with E-state index >= 15 is 0 Å². The standard InChI is InChI=1S/C14H19N3O/c15-10-4-9-14(18)17-16-13-8-3-6-11-5-1-2-7-12(11)13/h1-2,5,7H,3-4,6,8-10,15H2,(H,17,18)/b16-13+. The molecule has 96 valence electrons. The van der Waals surface area contributed by atoms with E-state index in [4.69, 9.17) is 5.73 Å². The first-order valence-corrected chi connectivity index (χ1v) is 6.45. The van der Waals surface area contributed by atoms with E-state index in [1.54, 1.807) is 0 Å². The van der Waals surface area contributed by atoms with E-state index in [0.29, 0.717) is 19.4 Å². The minimum atomic E-state index is -0.0593. The van der Waals surface area contributed by atoms with Gasteiger partial charge in [0.05, 0.1) is 5.71 Å². The molecule has 0 saturated carbocycles. The smallest absolute Gasteiger partial charge is 0.240 e. The predicted molar refractivity (Wildman–Crippen MR) is 72.3 cm³/mol. The summed E-state index contributed by atoms with van der Waals surface area (Å²) in [4.78, 5) is 11.5. The number of carbonyl (C=O) groups excluding carboxylic acids is 1. The van der Waals surface area contributed by atoms with Crippen molar-refractivity contribution in [2.45, 2.75) is 32.1 Å². The summed E-state index contributed by atoms with van der Waals surface area (Å²) in [6.45, 7) is 0.535.